The molecule has 1 fully saturated rings. The summed E-state index contributed by atoms with van der Waals surface area (Å²) >= 11 is 0. The molecule has 3 rings (SSSR count). The molecule has 2 nitrogen and oxygen atoms in total. The Labute approximate surface area is 104 Å². The molecule has 0 bridgehead atoms. The highest BCUT2D eigenvalue weighted by molar-refractivity contribution is 5.54. The Morgan fingerprint density at radius 1 is 1.24 bits per heavy atom. The number of nitrogens with one attached hydrogen (secondary N) is 2. The summed E-state index contributed by atoms with van der Waals surface area (Å²) in [6.07, 6.45) is 5.14. The van der Waals surface area contributed by atoms with Crippen LogP contribution >= 0.6 is 0 Å². The average Bonchev–Trinajstić information content (AvgIpc) is 2.39. The number of fused-ring (bicyclic) bond motifs is 1. The second-order valence-electron chi connectivity index (χ2n) is 5.59. The fraction of sp³-hybridized carbons (Fsp3) is 0.600. The van der Waals surface area contributed by atoms with Gasteiger partial charge in [0.2, 0.25) is 0 Å². The van der Waals surface area contributed by atoms with E-state index in [1.54, 1.807) is 0 Å². The first kappa shape index (κ1) is 11.1. The molecule has 2 aliphatic heterocycles. The monoisotopic (exact) mass is 230 g/mol. The van der Waals surface area contributed by atoms with Gasteiger partial charge >= 0.3 is 0 Å². The summed E-state index contributed by atoms with van der Waals surface area (Å²) < 4.78 is 0. The van der Waals surface area contributed by atoms with Crippen LogP contribution in [-0.2, 0) is 6.42 Å². The Hall–Kier alpha value is -1.02. The zero-order valence-electron chi connectivity index (χ0n) is 10.6. The predicted molar refractivity (Wildman–Crippen MR) is 72.4 cm³/mol. The lowest BCUT2D eigenvalue weighted by molar-refractivity contribution is 0.333. The van der Waals surface area contributed by atoms with Crippen molar-refractivity contribution < 1.29 is 0 Å². The van der Waals surface area contributed by atoms with Crippen molar-refractivity contribution in [2.24, 2.45) is 5.92 Å². The summed E-state index contributed by atoms with van der Waals surface area (Å²) in [6.45, 7) is 4.63. The van der Waals surface area contributed by atoms with Gasteiger partial charge in [-0.05, 0) is 55.3 Å². The van der Waals surface area contributed by atoms with E-state index >= 15 is 0 Å². The highest BCUT2D eigenvalue weighted by atomic mass is 14.9. The van der Waals surface area contributed by atoms with Gasteiger partial charge in [-0.1, -0.05) is 19.1 Å². The number of aryl methyl sites for hydroxylation is 1. The Bertz CT molecular complexity index is 392. The van der Waals surface area contributed by atoms with Gasteiger partial charge in [-0.2, -0.15) is 0 Å². The third-order valence-electron chi connectivity index (χ3n) is 4.13. The van der Waals surface area contributed by atoms with E-state index in [4.69, 9.17) is 0 Å². The van der Waals surface area contributed by atoms with Crippen LogP contribution in [0.2, 0.25) is 0 Å². The van der Waals surface area contributed by atoms with Crippen molar-refractivity contribution in [3.8, 4) is 0 Å². The molecule has 17 heavy (non-hydrogen) atoms. The van der Waals surface area contributed by atoms with Crippen LogP contribution in [0.5, 0.6) is 0 Å². The van der Waals surface area contributed by atoms with Crippen LogP contribution in [0.1, 0.15) is 43.4 Å². The summed E-state index contributed by atoms with van der Waals surface area (Å²) in [5.41, 5.74) is 4.35. The van der Waals surface area contributed by atoms with Crippen LogP contribution < -0.4 is 10.6 Å². The minimum absolute atomic E-state index is 0.582. The SMILES string of the molecule is C[C@@H]1CC[C@@H](c2ccc3c(c2)CCCN3)NC1. The lowest BCUT2D eigenvalue weighted by Crippen LogP contribution is -2.32. The zero-order chi connectivity index (χ0) is 11.7. The molecule has 1 saturated heterocycles. The topological polar surface area (TPSA) is 24.1 Å². The first-order chi connectivity index (χ1) is 8.33. The van der Waals surface area contributed by atoms with Crippen molar-refractivity contribution in [3.05, 3.63) is 29.3 Å². The Balaban J connectivity index is 1.79. The highest BCUT2D eigenvalue weighted by Crippen LogP contribution is 2.30. The van der Waals surface area contributed by atoms with E-state index in [9.17, 15) is 0 Å². The molecule has 1 aromatic carbocycles. The normalized spacial score (nSPS) is 28.3. The summed E-state index contributed by atoms with van der Waals surface area (Å²) in [5, 5.41) is 7.15. The third-order valence-corrected chi connectivity index (χ3v) is 4.13. The highest BCUT2D eigenvalue weighted by Gasteiger charge is 2.20. The molecule has 0 aromatic heterocycles. The quantitative estimate of drug-likeness (QED) is 0.774. The Morgan fingerprint density at radius 2 is 2.18 bits per heavy atom. The van der Waals surface area contributed by atoms with Gasteiger partial charge in [0.25, 0.3) is 0 Å². The van der Waals surface area contributed by atoms with Gasteiger partial charge in [0.15, 0.2) is 0 Å². The molecule has 2 aliphatic rings. The molecule has 2 N–H and O–H groups in total. The molecular weight excluding hydrogens is 208 g/mol. The number of anilines is 1. The minimum atomic E-state index is 0.582. The van der Waals surface area contributed by atoms with Gasteiger partial charge in [-0.25, -0.2) is 0 Å². The van der Waals surface area contributed by atoms with Crippen LogP contribution in [0.4, 0.5) is 5.69 Å². The van der Waals surface area contributed by atoms with Crippen molar-refractivity contribution in [2.75, 3.05) is 18.4 Å². The van der Waals surface area contributed by atoms with Crippen molar-refractivity contribution in [3.63, 3.8) is 0 Å². The maximum absolute atomic E-state index is 3.67. The number of piperidine rings is 1. The molecule has 2 heteroatoms. The average molecular weight is 230 g/mol. The van der Waals surface area contributed by atoms with Gasteiger partial charge in [-0.3, -0.25) is 0 Å². The van der Waals surface area contributed by atoms with Crippen molar-refractivity contribution in [1.29, 1.82) is 0 Å². The number of benzene rings is 1. The molecule has 0 unspecified atom stereocenters. The third kappa shape index (κ3) is 2.32. The van der Waals surface area contributed by atoms with Crippen LogP contribution in [0.3, 0.4) is 0 Å². The molecule has 2 heterocycles. The van der Waals surface area contributed by atoms with Gasteiger partial charge in [0.05, 0.1) is 0 Å². The van der Waals surface area contributed by atoms with E-state index in [0.717, 1.165) is 12.5 Å². The summed E-state index contributed by atoms with van der Waals surface area (Å²) in [4.78, 5) is 0. The zero-order valence-corrected chi connectivity index (χ0v) is 10.6. The number of rotatable bonds is 1. The van der Waals surface area contributed by atoms with E-state index < -0.39 is 0 Å². The van der Waals surface area contributed by atoms with E-state index in [1.807, 2.05) is 0 Å². The van der Waals surface area contributed by atoms with Gasteiger partial charge in [0.1, 0.15) is 0 Å². The predicted octanol–water partition coefficient (Wildman–Crippen LogP) is 3.11. The van der Waals surface area contributed by atoms with E-state index in [0.29, 0.717) is 6.04 Å². The first-order valence-corrected chi connectivity index (χ1v) is 6.93. The van der Waals surface area contributed by atoms with Gasteiger partial charge in [0, 0.05) is 18.3 Å². The molecule has 1 aromatic rings. The smallest absolute Gasteiger partial charge is 0.0372 e. The van der Waals surface area contributed by atoms with E-state index in [1.165, 1.54) is 49.0 Å². The summed E-state index contributed by atoms with van der Waals surface area (Å²) in [7, 11) is 0. The maximum Gasteiger partial charge on any atom is 0.0372 e. The Kier molecular flexibility index (Phi) is 3.06. The molecule has 2 atom stereocenters. The minimum Gasteiger partial charge on any atom is -0.385 e. The molecule has 0 saturated carbocycles. The van der Waals surface area contributed by atoms with Crippen LogP contribution in [0, 0.1) is 5.92 Å². The van der Waals surface area contributed by atoms with Crippen molar-refractivity contribution in [1.82, 2.24) is 5.32 Å². The Morgan fingerprint density at radius 3 is 3.00 bits per heavy atom. The van der Waals surface area contributed by atoms with E-state index in [-0.39, 0.29) is 0 Å². The van der Waals surface area contributed by atoms with Crippen LogP contribution in [0.25, 0.3) is 0 Å². The summed E-state index contributed by atoms with van der Waals surface area (Å²) in [5.74, 6) is 0.838. The number of hydrogen-bond acceptors (Lipinski definition) is 2. The molecule has 0 radical (unpaired) electrons. The molecule has 0 aliphatic carbocycles. The van der Waals surface area contributed by atoms with Crippen LogP contribution in [-0.4, -0.2) is 13.1 Å². The van der Waals surface area contributed by atoms with Gasteiger partial charge in [-0.15, -0.1) is 0 Å². The second-order valence-corrected chi connectivity index (χ2v) is 5.59. The van der Waals surface area contributed by atoms with E-state index in [2.05, 4.69) is 35.8 Å². The summed E-state index contributed by atoms with van der Waals surface area (Å²) in [6, 6.07) is 7.56. The molecule has 0 amide bonds. The fourth-order valence-electron chi connectivity index (χ4n) is 2.99. The first-order valence-electron chi connectivity index (χ1n) is 6.93. The van der Waals surface area contributed by atoms with Crippen molar-refractivity contribution >= 4 is 5.69 Å². The molecule has 92 valence electrons. The fourth-order valence-corrected chi connectivity index (χ4v) is 2.99. The van der Waals surface area contributed by atoms with Crippen molar-refractivity contribution in [2.45, 2.75) is 38.6 Å². The standard InChI is InChI=1S/C15H22N2/c1-11-4-6-15(17-10-11)13-5-7-14-12(9-13)3-2-8-16-14/h5,7,9,11,15-17H,2-4,6,8,10H2,1H3/t11-,15+/m1/s1. The maximum atomic E-state index is 3.67. The largest absolute Gasteiger partial charge is 0.385 e. The second kappa shape index (κ2) is 4.69. The molecular formula is C15H22N2. The molecule has 0 spiro atoms. The van der Waals surface area contributed by atoms with Gasteiger partial charge < -0.3 is 10.6 Å². The number of hydrogen-bond donors (Lipinski definition) is 2. The lowest BCUT2D eigenvalue weighted by atomic mass is 9.90. The van der Waals surface area contributed by atoms with Crippen LogP contribution in [0.15, 0.2) is 18.2 Å². The lowest BCUT2D eigenvalue weighted by Gasteiger charge is -2.29.